The smallest absolute Gasteiger partial charge is 0.410 e. The summed E-state index contributed by atoms with van der Waals surface area (Å²) in [6.07, 6.45) is 0.381. The minimum atomic E-state index is -0.497. The Bertz CT molecular complexity index is 473. The minimum Gasteiger partial charge on any atom is -0.444 e. The highest BCUT2D eigenvalue weighted by atomic mass is 16.6. The lowest BCUT2D eigenvalue weighted by atomic mass is 10.2. The van der Waals surface area contributed by atoms with Gasteiger partial charge in [-0.2, -0.15) is 5.10 Å². The van der Waals surface area contributed by atoms with Gasteiger partial charge in [0.2, 0.25) is 0 Å². The third-order valence-corrected chi connectivity index (χ3v) is 2.59. The third-order valence-electron chi connectivity index (χ3n) is 2.59. The predicted octanol–water partition coefficient (Wildman–Crippen LogP) is 1.45. The molecule has 0 bridgehead atoms. The maximum Gasteiger partial charge on any atom is 0.410 e. The number of hydrogen-bond acceptors (Lipinski definition) is 4. The van der Waals surface area contributed by atoms with Gasteiger partial charge in [0, 0.05) is 6.54 Å². The Kier molecular flexibility index (Phi) is 3.11. The van der Waals surface area contributed by atoms with E-state index < -0.39 is 5.60 Å². The number of rotatable bonds is 1. The predicted molar refractivity (Wildman–Crippen MR) is 64.3 cm³/mol. The first kappa shape index (κ1) is 12.6. The van der Waals surface area contributed by atoms with Gasteiger partial charge < -0.3 is 9.64 Å². The Balaban J connectivity index is 2.07. The molecule has 1 aromatic rings. The lowest BCUT2D eigenvalue weighted by Crippen LogP contribution is -2.41. The minimum absolute atomic E-state index is 0.331. The molecule has 0 radical (unpaired) electrons. The molecular formula is C12H17N3O3. The fourth-order valence-corrected chi connectivity index (χ4v) is 1.83. The van der Waals surface area contributed by atoms with Crippen LogP contribution in [0.2, 0.25) is 0 Å². The average Bonchev–Trinajstić information content (AvgIpc) is 2.68. The van der Waals surface area contributed by atoms with Gasteiger partial charge in [0.15, 0.2) is 6.29 Å². The first-order chi connectivity index (χ1) is 8.39. The van der Waals surface area contributed by atoms with Crippen molar-refractivity contribution in [2.75, 3.05) is 6.54 Å². The van der Waals surface area contributed by atoms with Gasteiger partial charge in [0.05, 0.1) is 18.8 Å². The van der Waals surface area contributed by atoms with Crippen LogP contribution in [0.1, 0.15) is 37.0 Å². The van der Waals surface area contributed by atoms with Crippen LogP contribution in [0.15, 0.2) is 6.07 Å². The molecular weight excluding hydrogens is 234 g/mol. The number of carbonyl (C=O) groups excluding carboxylic acids is 2. The summed E-state index contributed by atoms with van der Waals surface area (Å²) in [7, 11) is 0. The normalized spacial score (nSPS) is 15.2. The van der Waals surface area contributed by atoms with Gasteiger partial charge in [-0.25, -0.2) is 4.79 Å². The van der Waals surface area contributed by atoms with Crippen LogP contribution in [0.4, 0.5) is 4.79 Å². The Labute approximate surface area is 106 Å². The zero-order valence-corrected chi connectivity index (χ0v) is 10.8. The van der Waals surface area contributed by atoms with Crippen molar-refractivity contribution in [3.63, 3.8) is 0 Å². The van der Waals surface area contributed by atoms with Crippen LogP contribution in [0.5, 0.6) is 0 Å². The molecule has 0 aromatic carbocycles. The number of fused-ring (bicyclic) bond motifs is 1. The Morgan fingerprint density at radius 1 is 1.44 bits per heavy atom. The number of carbonyl (C=O) groups is 2. The Morgan fingerprint density at radius 2 is 2.17 bits per heavy atom. The van der Waals surface area contributed by atoms with Gasteiger partial charge >= 0.3 is 6.09 Å². The van der Waals surface area contributed by atoms with Crippen molar-refractivity contribution >= 4 is 12.4 Å². The van der Waals surface area contributed by atoms with Crippen LogP contribution < -0.4 is 0 Å². The molecule has 2 rings (SSSR count). The number of amides is 1. The van der Waals surface area contributed by atoms with Crippen LogP contribution in [-0.4, -0.2) is 39.2 Å². The van der Waals surface area contributed by atoms with Crippen LogP contribution in [0.3, 0.4) is 0 Å². The third kappa shape index (κ3) is 2.69. The number of ether oxygens (including phenoxy) is 1. The molecule has 1 aliphatic heterocycles. The lowest BCUT2D eigenvalue weighted by molar-refractivity contribution is 0.0194. The van der Waals surface area contributed by atoms with Crippen molar-refractivity contribution in [2.45, 2.75) is 39.5 Å². The standard InChI is InChI=1S/C12H17N3O3/c1-12(2,3)18-11(17)14-4-5-15-10(7-14)6-9(8-16)13-15/h6,8H,4-5,7H2,1-3H3. The molecule has 98 valence electrons. The van der Waals surface area contributed by atoms with E-state index in [-0.39, 0.29) is 6.09 Å². The van der Waals surface area contributed by atoms with E-state index in [0.29, 0.717) is 31.6 Å². The van der Waals surface area contributed by atoms with E-state index in [2.05, 4.69) is 5.10 Å². The summed E-state index contributed by atoms with van der Waals surface area (Å²) >= 11 is 0. The summed E-state index contributed by atoms with van der Waals surface area (Å²) in [6.45, 7) is 7.07. The van der Waals surface area contributed by atoms with E-state index in [4.69, 9.17) is 4.74 Å². The van der Waals surface area contributed by atoms with Gasteiger partial charge in [-0.05, 0) is 26.8 Å². The maximum absolute atomic E-state index is 11.9. The zero-order valence-electron chi connectivity index (χ0n) is 10.8. The van der Waals surface area contributed by atoms with Crippen molar-refractivity contribution in [1.29, 1.82) is 0 Å². The molecule has 0 N–H and O–H groups in total. The summed E-state index contributed by atoms with van der Waals surface area (Å²) in [4.78, 5) is 24.2. The quantitative estimate of drug-likeness (QED) is 0.708. The van der Waals surface area contributed by atoms with Crippen LogP contribution in [0.25, 0.3) is 0 Å². The molecule has 0 saturated heterocycles. The van der Waals surface area contributed by atoms with E-state index in [0.717, 1.165) is 5.69 Å². The van der Waals surface area contributed by atoms with Crippen LogP contribution >= 0.6 is 0 Å². The molecule has 0 fully saturated rings. The second-order valence-electron chi connectivity index (χ2n) is 5.30. The molecule has 1 amide bonds. The maximum atomic E-state index is 11.9. The number of nitrogens with zero attached hydrogens (tertiary/aromatic N) is 3. The van der Waals surface area contributed by atoms with E-state index in [9.17, 15) is 9.59 Å². The topological polar surface area (TPSA) is 64.4 Å². The number of aldehydes is 1. The summed E-state index contributed by atoms with van der Waals surface area (Å²) in [5.74, 6) is 0. The lowest BCUT2D eigenvalue weighted by Gasteiger charge is -2.30. The molecule has 0 unspecified atom stereocenters. The fourth-order valence-electron chi connectivity index (χ4n) is 1.83. The highest BCUT2D eigenvalue weighted by molar-refractivity contribution is 5.72. The van der Waals surface area contributed by atoms with Crippen molar-refractivity contribution in [2.24, 2.45) is 0 Å². The molecule has 0 atom stereocenters. The summed E-state index contributed by atoms with van der Waals surface area (Å²) in [6, 6.07) is 1.70. The summed E-state index contributed by atoms with van der Waals surface area (Å²) < 4.78 is 7.07. The molecule has 6 nitrogen and oxygen atoms in total. The summed E-state index contributed by atoms with van der Waals surface area (Å²) in [5, 5.41) is 4.11. The first-order valence-corrected chi connectivity index (χ1v) is 5.89. The highest BCUT2D eigenvalue weighted by Gasteiger charge is 2.26. The molecule has 1 aliphatic rings. The molecule has 0 saturated carbocycles. The van der Waals surface area contributed by atoms with Crippen molar-refractivity contribution < 1.29 is 14.3 Å². The molecule has 6 heteroatoms. The largest absolute Gasteiger partial charge is 0.444 e. The van der Waals surface area contributed by atoms with E-state index in [1.54, 1.807) is 15.6 Å². The molecule has 2 heterocycles. The van der Waals surface area contributed by atoms with Crippen molar-refractivity contribution in [3.05, 3.63) is 17.5 Å². The summed E-state index contributed by atoms with van der Waals surface area (Å²) in [5.41, 5.74) is 0.758. The van der Waals surface area contributed by atoms with Crippen molar-refractivity contribution in [1.82, 2.24) is 14.7 Å². The second kappa shape index (κ2) is 4.44. The number of aromatic nitrogens is 2. The number of hydrogen-bond donors (Lipinski definition) is 0. The van der Waals surface area contributed by atoms with Crippen LogP contribution in [0, 0.1) is 0 Å². The average molecular weight is 251 g/mol. The van der Waals surface area contributed by atoms with Crippen molar-refractivity contribution in [3.8, 4) is 0 Å². The second-order valence-corrected chi connectivity index (χ2v) is 5.30. The molecule has 1 aromatic heterocycles. The SMILES string of the molecule is CC(C)(C)OC(=O)N1CCn2nc(C=O)cc2C1. The Morgan fingerprint density at radius 3 is 2.78 bits per heavy atom. The molecule has 18 heavy (non-hydrogen) atoms. The van der Waals surface area contributed by atoms with E-state index in [1.165, 1.54) is 0 Å². The Hall–Kier alpha value is -1.85. The zero-order chi connectivity index (χ0) is 13.3. The van der Waals surface area contributed by atoms with Gasteiger partial charge in [0.1, 0.15) is 11.3 Å². The van der Waals surface area contributed by atoms with E-state index >= 15 is 0 Å². The monoisotopic (exact) mass is 251 g/mol. The molecule has 0 spiro atoms. The van der Waals surface area contributed by atoms with E-state index in [1.807, 2.05) is 20.8 Å². The van der Waals surface area contributed by atoms with Gasteiger partial charge in [-0.15, -0.1) is 0 Å². The van der Waals surface area contributed by atoms with Crippen LogP contribution in [-0.2, 0) is 17.8 Å². The van der Waals surface area contributed by atoms with Gasteiger partial charge in [0.25, 0.3) is 0 Å². The molecule has 0 aliphatic carbocycles. The first-order valence-electron chi connectivity index (χ1n) is 5.89. The van der Waals surface area contributed by atoms with Gasteiger partial charge in [-0.1, -0.05) is 0 Å². The van der Waals surface area contributed by atoms with Gasteiger partial charge in [-0.3, -0.25) is 9.48 Å². The highest BCUT2D eigenvalue weighted by Crippen LogP contribution is 2.16. The fraction of sp³-hybridized carbons (Fsp3) is 0.583.